The Kier molecular flexibility index (Phi) is 3.21. The highest BCUT2D eigenvalue weighted by molar-refractivity contribution is 5.74. The number of aromatic nitrogens is 2. The van der Waals surface area contributed by atoms with Crippen LogP contribution in [-0.4, -0.2) is 9.97 Å². The summed E-state index contributed by atoms with van der Waals surface area (Å²) < 4.78 is 0. The number of imidazole rings is 1. The SMILES string of the molecule is CCCCC(C#N)c1nc2ccccc2[nH]1. The van der Waals surface area contributed by atoms with E-state index in [1.807, 2.05) is 24.3 Å². The lowest BCUT2D eigenvalue weighted by atomic mass is 10.0. The molecule has 1 aromatic carbocycles. The minimum absolute atomic E-state index is 0.104. The monoisotopic (exact) mass is 213 g/mol. The molecule has 1 heterocycles. The van der Waals surface area contributed by atoms with Crippen molar-refractivity contribution in [1.82, 2.24) is 9.97 Å². The molecular formula is C13H15N3. The predicted molar refractivity (Wildman–Crippen MR) is 64.0 cm³/mol. The number of para-hydroxylation sites is 2. The number of hydrogen-bond acceptors (Lipinski definition) is 2. The van der Waals surface area contributed by atoms with Crippen LogP contribution in [0.4, 0.5) is 0 Å². The van der Waals surface area contributed by atoms with E-state index < -0.39 is 0 Å². The smallest absolute Gasteiger partial charge is 0.124 e. The van der Waals surface area contributed by atoms with Crippen LogP contribution in [0.2, 0.25) is 0 Å². The van der Waals surface area contributed by atoms with Crippen molar-refractivity contribution in [3.05, 3.63) is 30.1 Å². The maximum absolute atomic E-state index is 9.12. The maximum Gasteiger partial charge on any atom is 0.124 e. The number of nitriles is 1. The summed E-state index contributed by atoms with van der Waals surface area (Å²) in [4.78, 5) is 7.68. The molecule has 2 rings (SSSR count). The number of fused-ring (bicyclic) bond motifs is 1. The van der Waals surface area contributed by atoms with Gasteiger partial charge in [0.2, 0.25) is 0 Å². The van der Waals surface area contributed by atoms with Crippen LogP contribution in [0.5, 0.6) is 0 Å². The van der Waals surface area contributed by atoms with Gasteiger partial charge in [-0.15, -0.1) is 0 Å². The van der Waals surface area contributed by atoms with Crippen LogP contribution in [-0.2, 0) is 0 Å². The highest BCUT2D eigenvalue weighted by Gasteiger charge is 2.14. The highest BCUT2D eigenvalue weighted by atomic mass is 14.9. The molecular weight excluding hydrogens is 198 g/mol. The summed E-state index contributed by atoms with van der Waals surface area (Å²) in [5.41, 5.74) is 1.95. The lowest BCUT2D eigenvalue weighted by Crippen LogP contribution is -1.97. The fraction of sp³-hybridized carbons (Fsp3) is 0.385. The maximum atomic E-state index is 9.12. The second-order valence-electron chi connectivity index (χ2n) is 3.96. The van der Waals surface area contributed by atoms with E-state index in [9.17, 15) is 0 Å². The minimum atomic E-state index is -0.104. The molecule has 3 nitrogen and oxygen atoms in total. The molecule has 1 unspecified atom stereocenters. The van der Waals surface area contributed by atoms with Gasteiger partial charge in [-0.3, -0.25) is 0 Å². The molecule has 0 saturated heterocycles. The molecule has 0 saturated carbocycles. The van der Waals surface area contributed by atoms with Crippen LogP contribution in [0, 0.1) is 11.3 Å². The van der Waals surface area contributed by atoms with Gasteiger partial charge in [0.05, 0.1) is 17.1 Å². The van der Waals surface area contributed by atoms with E-state index in [1.54, 1.807) is 0 Å². The van der Waals surface area contributed by atoms with Crippen LogP contribution in [0.15, 0.2) is 24.3 Å². The number of unbranched alkanes of at least 4 members (excludes halogenated alkanes) is 1. The van der Waals surface area contributed by atoms with Crippen molar-refractivity contribution in [1.29, 1.82) is 5.26 Å². The first-order valence-electron chi connectivity index (χ1n) is 5.69. The number of nitrogens with zero attached hydrogens (tertiary/aromatic N) is 2. The van der Waals surface area contributed by atoms with Gasteiger partial charge in [-0.05, 0) is 18.6 Å². The van der Waals surface area contributed by atoms with Crippen molar-refractivity contribution in [2.24, 2.45) is 0 Å². The van der Waals surface area contributed by atoms with Gasteiger partial charge in [0, 0.05) is 0 Å². The molecule has 0 amide bonds. The molecule has 1 aromatic heterocycles. The average Bonchev–Trinajstić information content (AvgIpc) is 2.73. The zero-order valence-corrected chi connectivity index (χ0v) is 9.40. The van der Waals surface area contributed by atoms with Crippen molar-refractivity contribution < 1.29 is 0 Å². The Bertz CT molecular complexity index is 474. The largest absolute Gasteiger partial charge is 0.341 e. The van der Waals surface area contributed by atoms with Crippen molar-refractivity contribution in [2.45, 2.75) is 32.1 Å². The normalized spacial score (nSPS) is 12.5. The number of aromatic amines is 1. The molecule has 0 bridgehead atoms. The van der Waals surface area contributed by atoms with Gasteiger partial charge in [-0.25, -0.2) is 4.98 Å². The summed E-state index contributed by atoms with van der Waals surface area (Å²) in [5.74, 6) is 0.699. The number of benzene rings is 1. The molecule has 0 aliphatic rings. The quantitative estimate of drug-likeness (QED) is 0.846. The van der Waals surface area contributed by atoms with Crippen LogP contribution < -0.4 is 0 Å². The van der Waals surface area contributed by atoms with Gasteiger partial charge < -0.3 is 4.98 Å². The van der Waals surface area contributed by atoms with E-state index in [1.165, 1.54) is 0 Å². The second-order valence-corrected chi connectivity index (χ2v) is 3.96. The van der Waals surface area contributed by atoms with E-state index in [4.69, 9.17) is 5.26 Å². The Morgan fingerprint density at radius 3 is 2.94 bits per heavy atom. The highest BCUT2D eigenvalue weighted by Crippen LogP contribution is 2.21. The van der Waals surface area contributed by atoms with Gasteiger partial charge >= 0.3 is 0 Å². The standard InChI is InChI=1S/C13H15N3/c1-2-3-6-10(9-14)13-15-11-7-4-5-8-12(11)16-13/h4-5,7-8,10H,2-3,6H2,1H3,(H,15,16). The molecule has 0 aliphatic carbocycles. The molecule has 16 heavy (non-hydrogen) atoms. The average molecular weight is 213 g/mol. The number of rotatable bonds is 4. The molecule has 2 aromatic rings. The first-order valence-corrected chi connectivity index (χ1v) is 5.69. The molecule has 0 fully saturated rings. The molecule has 3 heteroatoms. The first-order chi connectivity index (χ1) is 7.85. The summed E-state index contributed by atoms with van der Waals surface area (Å²) in [6.45, 7) is 2.13. The summed E-state index contributed by atoms with van der Waals surface area (Å²) in [6, 6.07) is 10.2. The number of H-pyrrole nitrogens is 1. The lowest BCUT2D eigenvalue weighted by molar-refractivity contribution is 0.651. The van der Waals surface area contributed by atoms with Crippen LogP contribution >= 0.6 is 0 Å². The van der Waals surface area contributed by atoms with Crippen molar-refractivity contribution in [2.75, 3.05) is 0 Å². The van der Waals surface area contributed by atoms with Crippen molar-refractivity contribution in [3.8, 4) is 6.07 Å². The zero-order chi connectivity index (χ0) is 11.4. The van der Waals surface area contributed by atoms with E-state index in [0.29, 0.717) is 0 Å². The van der Waals surface area contributed by atoms with Crippen LogP contribution in [0.3, 0.4) is 0 Å². The third-order valence-electron chi connectivity index (χ3n) is 2.74. The summed E-state index contributed by atoms with van der Waals surface area (Å²) in [6.07, 6.45) is 3.06. The van der Waals surface area contributed by atoms with Gasteiger partial charge in [0.15, 0.2) is 0 Å². The van der Waals surface area contributed by atoms with E-state index in [0.717, 1.165) is 36.1 Å². The van der Waals surface area contributed by atoms with Gasteiger partial charge in [-0.1, -0.05) is 31.9 Å². The Balaban J connectivity index is 2.28. The van der Waals surface area contributed by atoms with Crippen LogP contribution in [0.25, 0.3) is 11.0 Å². The summed E-state index contributed by atoms with van der Waals surface area (Å²) >= 11 is 0. The molecule has 0 aliphatic heterocycles. The Morgan fingerprint density at radius 2 is 2.25 bits per heavy atom. The van der Waals surface area contributed by atoms with Gasteiger partial charge in [0.25, 0.3) is 0 Å². The fourth-order valence-corrected chi connectivity index (χ4v) is 1.81. The first kappa shape index (κ1) is 10.7. The Labute approximate surface area is 95.1 Å². The van der Waals surface area contributed by atoms with Crippen LogP contribution in [0.1, 0.15) is 37.9 Å². The number of hydrogen-bond donors (Lipinski definition) is 1. The van der Waals surface area contributed by atoms with Crippen molar-refractivity contribution >= 4 is 11.0 Å². The summed E-state index contributed by atoms with van der Waals surface area (Å²) in [5, 5.41) is 9.12. The molecule has 0 radical (unpaired) electrons. The van der Waals surface area contributed by atoms with E-state index >= 15 is 0 Å². The lowest BCUT2D eigenvalue weighted by Gasteiger charge is -2.03. The van der Waals surface area contributed by atoms with Gasteiger partial charge in [-0.2, -0.15) is 5.26 Å². The fourth-order valence-electron chi connectivity index (χ4n) is 1.81. The third kappa shape index (κ3) is 2.06. The second kappa shape index (κ2) is 4.80. The van der Waals surface area contributed by atoms with E-state index in [2.05, 4.69) is 23.0 Å². The molecule has 0 spiro atoms. The molecule has 1 N–H and O–H groups in total. The topological polar surface area (TPSA) is 52.5 Å². The summed E-state index contributed by atoms with van der Waals surface area (Å²) in [7, 11) is 0. The predicted octanol–water partition coefficient (Wildman–Crippen LogP) is 3.36. The number of nitrogens with one attached hydrogen (secondary N) is 1. The van der Waals surface area contributed by atoms with Crippen molar-refractivity contribution in [3.63, 3.8) is 0 Å². The third-order valence-corrected chi connectivity index (χ3v) is 2.74. The minimum Gasteiger partial charge on any atom is -0.341 e. The Hall–Kier alpha value is -1.82. The molecule has 82 valence electrons. The Morgan fingerprint density at radius 1 is 1.44 bits per heavy atom. The zero-order valence-electron chi connectivity index (χ0n) is 9.40. The van der Waals surface area contributed by atoms with Gasteiger partial charge in [0.1, 0.15) is 11.7 Å². The molecule has 1 atom stereocenters. The van der Waals surface area contributed by atoms with E-state index in [-0.39, 0.29) is 5.92 Å².